The van der Waals surface area contributed by atoms with Crippen LogP contribution < -0.4 is 5.32 Å². The predicted molar refractivity (Wildman–Crippen MR) is 96.5 cm³/mol. The first-order valence-electron chi connectivity index (χ1n) is 7.90. The van der Waals surface area contributed by atoms with Gasteiger partial charge in [-0.1, -0.05) is 6.07 Å². The Morgan fingerprint density at radius 1 is 1.21 bits per heavy atom. The van der Waals surface area contributed by atoms with Crippen LogP contribution in [-0.4, -0.2) is 39.4 Å². The zero-order valence-corrected chi connectivity index (χ0v) is 14.3. The summed E-state index contributed by atoms with van der Waals surface area (Å²) in [5.74, 6) is 0.709. The maximum Gasteiger partial charge on any atom is 0.142 e. The molecule has 7 heteroatoms. The summed E-state index contributed by atoms with van der Waals surface area (Å²) >= 11 is 1.66. The molecule has 2 N–H and O–H groups in total. The smallest absolute Gasteiger partial charge is 0.142 e. The molecule has 4 rings (SSSR count). The summed E-state index contributed by atoms with van der Waals surface area (Å²) in [5.41, 5.74) is 0.865. The largest absolute Gasteiger partial charge is 0.372 e. The van der Waals surface area contributed by atoms with E-state index >= 15 is 0 Å². The Morgan fingerprint density at radius 3 is 2.79 bits per heavy atom. The molecule has 1 aromatic carbocycles. The highest BCUT2D eigenvalue weighted by molar-refractivity contribution is 7.97. The van der Waals surface area contributed by atoms with E-state index in [1.807, 2.05) is 25.4 Å². The molecule has 2 aromatic heterocycles. The first-order valence-corrected chi connectivity index (χ1v) is 8.68. The van der Waals surface area contributed by atoms with Gasteiger partial charge in [0.25, 0.3) is 0 Å². The number of H-pyrrole nitrogens is 1. The molecule has 0 amide bonds. The van der Waals surface area contributed by atoms with Crippen molar-refractivity contribution in [3.05, 3.63) is 48.7 Å². The number of rotatable bonds is 3. The van der Waals surface area contributed by atoms with Gasteiger partial charge in [0.05, 0.1) is 5.39 Å². The van der Waals surface area contributed by atoms with Crippen molar-refractivity contribution in [2.75, 3.05) is 25.5 Å². The molecule has 1 fully saturated rings. The maximum absolute atomic E-state index is 12.8. The third kappa shape index (κ3) is 4.24. The average molecular weight is 345 g/mol. The van der Waals surface area contributed by atoms with Gasteiger partial charge >= 0.3 is 0 Å². The van der Waals surface area contributed by atoms with Crippen molar-refractivity contribution in [1.82, 2.24) is 19.3 Å². The predicted octanol–water partition coefficient (Wildman–Crippen LogP) is 3.93. The monoisotopic (exact) mass is 345 g/mol. The van der Waals surface area contributed by atoms with Gasteiger partial charge in [-0.25, -0.2) is 18.7 Å². The Labute approximate surface area is 144 Å². The molecule has 3 heterocycles. The number of anilines is 1. The average Bonchev–Trinajstić information content (AvgIpc) is 3.26. The highest BCUT2D eigenvalue weighted by Crippen LogP contribution is 2.26. The maximum atomic E-state index is 12.8. The van der Waals surface area contributed by atoms with Crippen LogP contribution >= 0.6 is 11.9 Å². The number of halogens is 1. The molecule has 126 valence electrons. The lowest BCUT2D eigenvalue weighted by atomic mass is 10.4. The van der Waals surface area contributed by atoms with Crippen LogP contribution in [0.4, 0.5) is 10.2 Å². The molecule has 0 spiro atoms. The van der Waals surface area contributed by atoms with Gasteiger partial charge in [-0.15, -0.1) is 0 Å². The minimum atomic E-state index is -0.149. The fourth-order valence-electron chi connectivity index (χ4n) is 2.52. The van der Waals surface area contributed by atoms with Crippen LogP contribution in [-0.2, 0) is 0 Å². The highest BCUT2D eigenvalue weighted by Gasteiger charge is 2.12. The van der Waals surface area contributed by atoms with E-state index in [2.05, 4.69) is 24.6 Å². The molecular formula is C17H20FN5S. The fraction of sp³-hybridized carbons (Fsp3) is 0.294. The normalized spacial score (nSPS) is 14.4. The lowest BCUT2D eigenvalue weighted by Gasteiger charge is -2.12. The molecule has 1 aliphatic rings. The van der Waals surface area contributed by atoms with Crippen molar-refractivity contribution >= 4 is 28.8 Å². The first-order chi connectivity index (χ1) is 11.8. The van der Waals surface area contributed by atoms with Crippen LogP contribution in [0.3, 0.4) is 0 Å². The Hall–Kier alpha value is -2.12. The van der Waals surface area contributed by atoms with Crippen molar-refractivity contribution in [2.45, 2.75) is 17.7 Å². The first kappa shape index (κ1) is 16.7. The van der Waals surface area contributed by atoms with Crippen molar-refractivity contribution in [2.24, 2.45) is 0 Å². The zero-order valence-electron chi connectivity index (χ0n) is 13.5. The Kier molecular flexibility index (Phi) is 5.66. The summed E-state index contributed by atoms with van der Waals surface area (Å²) in [4.78, 5) is 12.1. The van der Waals surface area contributed by atoms with E-state index in [1.54, 1.807) is 24.1 Å². The van der Waals surface area contributed by atoms with Gasteiger partial charge in [-0.05, 0) is 49.1 Å². The van der Waals surface area contributed by atoms with Crippen molar-refractivity contribution in [3.8, 4) is 0 Å². The Bertz CT molecular complexity index is 785. The summed E-state index contributed by atoms with van der Waals surface area (Å²) in [7, 11) is 1.84. The molecular weight excluding hydrogens is 325 g/mol. The molecule has 0 bridgehead atoms. The number of benzene rings is 1. The summed E-state index contributed by atoms with van der Waals surface area (Å²) < 4.78 is 15.1. The molecule has 0 atom stereocenters. The summed E-state index contributed by atoms with van der Waals surface area (Å²) in [6.07, 6.45) is 5.91. The van der Waals surface area contributed by atoms with Gasteiger partial charge < -0.3 is 10.3 Å². The Morgan fingerprint density at radius 2 is 2.04 bits per heavy atom. The van der Waals surface area contributed by atoms with Crippen LogP contribution in [0.15, 0.2) is 47.8 Å². The lowest BCUT2D eigenvalue weighted by molar-refractivity contribution is 0.585. The van der Waals surface area contributed by atoms with E-state index in [0.29, 0.717) is 0 Å². The number of aromatic nitrogens is 3. The molecule has 3 aromatic rings. The second-order valence-electron chi connectivity index (χ2n) is 5.40. The minimum Gasteiger partial charge on any atom is -0.372 e. The van der Waals surface area contributed by atoms with E-state index in [1.165, 1.54) is 25.2 Å². The van der Waals surface area contributed by atoms with E-state index in [9.17, 15) is 4.39 Å². The van der Waals surface area contributed by atoms with Crippen LogP contribution in [0.25, 0.3) is 11.0 Å². The standard InChI is InChI=1S/C10H12FNS.C7H8N4/c11-9-4-3-5-10(8-9)13-12-6-1-2-7-12;1-8-6-5-2-3-9-7(5)11-4-10-6/h3-5,8H,1-2,6-7H2;2-4H,1H3,(H2,8,9,10,11). The van der Waals surface area contributed by atoms with E-state index in [0.717, 1.165) is 34.8 Å². The second kappa shape index (κ2) is 8.12. The number of hydrogen-bond donors (Lipinski definition) is 2. The molecule has 0 radical (unpaired) electrons. The summed E-state index contributed by atoms with van der Waals surface area (Å²) in [6, 6.07) is 8.72. The van der Waals surface area contributed by atoms with Gasteiger partial charge in [0.1, 0.15) is 23.6 Å². The number of fused-ring (bicyclic) bond motifs is 1. The third-order valence-electron chi connectivity index (χ3n) is 3.69. The van der Waals surface area contributed by atoms with Gasteiger partial charge in [0.15, 0.2) is 0 Å². The van der Waals surface area contributed by atoms with Crippen LogP contribution in [0.1, 0.15) is 12.8 Å². The topological polar surface area (TPSA) is 56.8 Å². The van der Waals surface area contributed by atoms with Gasteiger partial charge in [-0.2, -0.15) is 0 Å². The van der Waals surface area contributed by atoms with Gasteiger partial charge in [0.2, 0.25) is 0 Å². The van der Waals surface area contributed by atoms with E-state index in [4.69, 9.17) is 0 Å². The van der Waals surface area contributed by atoms with Crippen LogP contribution in [0, 0.1) is 5.82 Å². The number of hydrogen-bond acceptors (Lipinski definition) is 5. The van der Waals surface area contributed by atoms with E-state index in [-0.39, 0.29) is 5.82 Å². The van der Waals surface area contributed by atoms with Crippen molar-refractivity contribution in [3.63, 3.8) is 0 Å². The fourth-order valence-corrected chi connectivity index (χ4v) is 3.57. The number of nitrogens with one attached hydrogen (secondary N) is 2. The molecule has 1 aliphatic heterocycles. The lowest BCUT2D eigenvalue weighted by Crippen LogP contribution is -2.08. The third-order valence-corrected chi connectivity index (χ3v) is 4.77. The highest BCUT2D eigenvalue weighted by atomic mass is 32.2. The number of nitrogens with zero attached hydrogens (tertiary/aromatic N) is 3. The van der Waals surface area contributed by atoms with Gasteiger partial charge in [-0.3, -0.25) is 0 Å². The van der Waals surface area contributed by atoms with E-state index < -0.39 is 0 Å². The Balaban J connectivity index is 0.000000143. The molecule has 0 unspecified atom stereocenters. The quantitative estimate of drug-likeness (QED) is 0.705. The zero-order chi connectivity index (χ0) is 16.8. The van der Waals surface area contributed by atoms with Crippen molar-refractivity contribution in [1.29, 1.82) is 0 Å². The molecule has 24 heavy (non-hydrogen) atoms. The molecule has 5 nitrogen and oxygen atoms in total. The van der Waals surface area contributed by atoms with Crippen LogP contribution in [0.5, 0.6) is 0 Å². The molecule has 1 saturated heterocycles. The van der Waals surface area contributed by atoms with Gasteiger partial charge in [0, 0.05) is 31.2 Å². The van der Waals surface area contributed by atoms with Crippen LogP contribution in [0.2, 0.25) is 0 Å². The second-order valence-corrected chi connectivity index (χ2v) is 6.57. The SMILES string of the molecule is CNc1ncnc2[nH]ccc12.Fc1cccc(SN2CCCC2)c1. The molecule has 0 saturated carbocycles. The van der Waals surface area contributed by atoms with Crippen molar-refractivity contribution < 1.29 is 4.39 Å². The number of aromatic amines is 1. The summed E-state index contributed by atoms with van der Waals surface area (Å²) in [6.45, 7) is 2.25. The molecule has 0 aliphatic carbocycles. The minimum absolute atomic E-state index is 0.149. The summed E-state index contributed by atoms with van der Waals surface area (Å²) in [5, 5.41) is 4.01.